The van der Waals surface area contributed by atoms with Gasteiger partial charge in [-0.25, -0.2) is 0 Å². The van der Waals surface area contributed by atoms with Gasteiger partial charge in [0.25, 0.3) is 0 Å². The largest absolute Gasteiger partial charge is 0.496 e. The second-order valence-electron chi connectivity index (χ2n) is 5.69. The highest BCUT2D eigenvalue weighted by Gasteiger charge is 2.28. The van der Waals surface area contributed by atoms with Gasteiger partial charge in [-0.05, 0) is 38.1 Å². The maximum absolute atomic E-state index is 6.28. The summed E-state index contributed by atoms with van der Waals surface area (Å²) in [5, 5.41) is 8.27. The van der Waals surface area contributed by atoms with Gasteiger partial charge in [-0.15, -0.1) is 0 Å². The molecule has 0 saturated carbocycles. The maximum Gasteiger partial charge on any atom is 0.129 e. The second-order valence-corrected chi connectivity index (χ2v) is 6.74. The molecule has 5 nitrogen and oxygen atoms in total. The van der Waals surface area contributed by atoms with Crippen molar-refractivity contribution < 1.29 is 4.74 Å². The molecular weight excluding hydrogens is 320 g/mol. The van der Waals surface area contributed by atoms with Crippen molar-refractivity contribution in [1.29, 1.82) is 0 Å². The van der Waals surface area contributed by atoms with Crippen molar-refractivity contribution in [3.05, 3.63) is 30.3 Å². The standard InChI is InChI=1S/C18H20N4OS/c1-4-21(5-2)22-12-10-9-11(19)18-15(12)17(20-22)16-13(23-3)7-6-8-14(16)24-18/h6-10H,4-5,19H2,1-3H3. The van der Waals surface area contributed by atoms with E-state index in [1.807, 2.05) is 23.0 Å². The summed E-state index contributed by atoms with van der Waals surface area (Å²) < 4.78 is 5.60. The number of ether oxygens (including phenoxy) is 1. The third kappa shape index (κ3) is 1.99. The Labute approximate surface area is 145 Å². The lowest BCUT2D eigenvalue weighted by Gasteiger charge is -2.21. The molecule has 0 bridgehead atoms. The molecule has 3 aromatic rings. The SMILES string of the molecule is CCN(CC)n1nc2c3c(c(N)ccc31)Sc1cccc(OC)c1-2. The lowest BCUT2D eigenvalue weighted by atomic mass is 10.1. The minimum absolute atomic E-state index is 0.793. The van der Waals surface area contributed by atoms with Crippen molar-refractivity contribution in [3.8, 4) is 17.0 Å². The van der Waals surface area contributed by atoms with E-state index in [-0.39, 0.29) is 0 Å². The van der Waals surface area contributed by atoms with E-state index in [2.05, 4.69) is 31.0 Å². The summed E-state index contributed by atoms with van der Waals surface area (Å²) in [5.41, 5.74) is 10.2. The second kappa shape index (κ2) is 5.63. The number of rotatable bonds is 4. The highest BCUT2D eigenvalue weighted by molar-refractivity contribution is 8.00. The lowest BCUT2D eigenvalue weighted by Crippen LogP contribution is -2.34. The Hall–Kier alpha value is -2.34. The summed E-state index contributed by atoms with van der Waals surface area (Å²) in [5.74, 6) is 0.846. The number of benzene rings is 2. The molecule has 0 radical (unpaired) electrons. The van der Waals surface area contributed by atoms with E-state index in [4.69, 9.17) is 15.6 Å². The molecule has 0 unspecified atom stereocenters. The first-order chi connectivity index (χ1) is 11.7. The number of hydrogen-bond donors (Lipinski definition) is 1. The zero-order valence-corrected chi connectivity index (χ0v) is 14.9. The van der Waals surface area contributed by atoms with Crippen LogP contribution >= 0.6 is 11.8 Å². The zero-order chi connectivity index (χ0) is 16.8. The molecule has 2 aromatic carbocycles. The van der Waals surface area contributed by atoms with Crippen LogP contribution in [0.5, 0.6) is 5.75 Å². The van der Waals surface area contributed by atoms with Crippen LogP contribution in [0, 0.1) is 0 Å². The van der Waals surface area contributed by atoms with Crippen LogP contribution in [0.4, 0.5) is 5.69 Å². The smallest absolute Gasteiger partial charge is 0.129 e. The van der Waals surface area contributed by atoms with Crippen molar-refractivity contribution in [1.82, 2.24) is 9.89 Å². The molecule has 124 valence electrons. The van der Waals surface area contributed by atoms with E-state index in [1.165, 1.54) is 0 Å². The van der Waals surface area contributed by atoms with E-state index < -0.39 is 0 Å². The molecule has 1 aliphatic rings. The van der Waals surface area contributed by atoms with Crippen LogP contribution in [0.15, 0.2) is 40.1 Å². The summed E-state index contributed by atoms with van der Waals surface area (Å²) in [4.78, 5) is 4.22. The zero-order valence-electron chi connectivity index (χ0n) is 14.0. The maximum atomic E-state index is 6.28. The van der Waals surface area contributed by atoms with Crippen molar-refractivity contribution in [3.63, 3.8) is 0 Å². The molecule has 0 saturated heterocycles. The molecular formula is C18H20N4OS. The predicted molar refractivity (Wildman–Crippen MR) is 99.6 cm³/mol. The molecule has 6 heteroatoms. The summed E-state index contributed by atoms with van der Waals surface area (Å²) in [6, 6.07) is 10.1. The van der Waals surface area contributed by atoms with Gasteiger partial charge in [-0.1, -0.05) is 17.8 Å². The van der Waals surface area contributed by atoms with Crippen LogP contribution in [-0.2, 0) is 0 Å². The van der Waals surface area contributed by atoms with Crippen molar-refractivity contribution >= 4 is 28.4 Å². The Bertz CT molecular complexity index is 930. The van der Waals surface area contributed by atoms with Gasteiger partial charge in [0.05, 0.1) is 18.2 Å². The van der Waals surface area contributed by atoms with E-state index in [9.17, 15) is 0 Å². The summed E-state index contributed by atoms with van der Waals surface area (Å²) in [6.07, 6.45) is 0. The van der Waals surface area contributed by atoms with E-state index >= 15 is 0 Å². The molecule has 0 spiro atoms. The molecule has 2 N–H and O–H groups in total. The van der Waals surface area contributed by atoms with Crippen molar-refractivity contribution in [2.75, 3.05) is 30.9 Å². The normalized spacial score (nSPS) is 12.3. The molecule has 2 heterocycles. The molecule has 1 aromatic heterocycles. The average Bonchev–Trinajstić information content (AvgIpc) is 2.99. The first-order valence-corrected chi connectivity index (χ1v) is 8.92. The van der Waals surface area contributed by atoms with Gasteiger partial charge in [-0.3, -0.25) is 5.01 Å². The van der Waals surface area contributed by atoms with Gasteiger partial charge in [0.15, 0.2) is 0 Å². The number of anilines is 1. The first-order valence-electron chi connectivity index (χ1n) is 8.11. The number of nitrogens with two attached hydrogens (primary N) is 1. The van der Waals surface area contributed by atoms with E-state index in [0.29, 0.717) is 0 Å². The molecule has 0 amide bonds. The Balaban J connectivity index is 2.10. The van der Waals surface area contributed by atoms with Gasteiger partial charge in [0.2, 0.25) is 0 Å². The van der Waals surface area contributed by atoms with E-state index in [0.717, 1.165) is 56.5 Å². The Morgan fingerprint density at radius 1 is 1.21 bits per heavy atom. The quantitative estimate of drug-likeness (QED) is 0.574. The van der Waals surface area contributed by atoms with Crippen LogP contribution in [-0.4, -0.2) is 30.1 Å². The predicted octanol–water partition coefficient (Wildman–Crippen LogP) is 3.74. The first kappa shape index (κ1) is 15.2. The fourth-order valence-electron chi connectivity index (χ4n) is 3.28. The van der Waals surface area contributed by atoms with Crippen LogP contribution in [0.25, 0.3) is 22.2 Å². The highest BCUT2D eigenvalue weighted by Crippen LogP contribution is 2.52. The van der Waals surface area contributed by atoms with Gasteiger partial charge in [0, 0.05) is 34.0 Å². The monoisotopic (exact) mass is 340 g/mol. The van der Waals surface area contributed by atoms with Gasteiger partial charge < -0.3 is 10.5 Å². The van der Waals surface area contributed by atoms with Crippen LogP contribution in [0.3, 0.4) is 0 Å². The van der Waals surface area contributed by atoms with Crippen LogP contribution < -0.4 is 15.5 Å². The number of nitrogen functional groups attached to an aromatic ring is 1. The summed E-state index contributed by atoms with van der Waals surface area (Å²) in [7, 11) is 1.70. The Morgan fingerprint density at radius 2 is 2.00 bits per heavy atom. The van der Waals surface area contributed by atoms with Gasteiger partial charge in [0.1, 0.15) is 11.4 Å². The number of hydrogen-bond acceptors (Lipinski definition) is 5. The van der Waals surface area contributed by atoms with E-state index in [1.54, 1.807) is 18.9 Å². The minimum Gasteiger partial charge on any atom is -0.496 e. The minimum atomic E-state index is 0.793. The third-order valence-electron chi connectivity index (χ3n) is 4.47. The Morgan fingerprint density at radius 3 is 2.71 bits per heavy atom. The Kier molecular flexibility index (Phi) is 3.57. The van der Waals surface area contributed by atoms with Crippen LogP contribution in [0.1, 0.15) is 13.8 Å². The number of nitrogens with zero attached hydrogens (tertiary/aromatic N) is 3. The third-order valence-corrected chi connectivity index (χ3v) is 5.67. The topological polar surface area (TPSA) is 56.3 Å². The lowest BCUT2D eigenvalue weighted by molar-refractivity contribution is 0.415. The van der Waals surface area contributed by atoms with Gasteiger partial charge in [-0.2, -0.15) is 9.89 Å². The van der Waals surface area contributed by atoms with Crippen molar-refractivity contribution in [2.45, 2.75) is 23.6 Å². The van der Waals surface area contributed by atoms with Gasteiger partial charge >= 0.3 is 0 Å². The summed E-state index contributed by atoms with van der Waals surface area (Å²) >= 11 is 1.69. The molecule has 24 heavy (non-hydrogen) atoms. The fourth-order valence-corrected chi connectivity index (χ4v) is 4.44. The molecule has 0 aliphatic carbocycles. The molecule has 4 rings (SSSR count). The number of aromatic nitrogens is 2. The molecule has 0 fully saturated rings. The number of fused-ring (bicyclic) bond motifs is 2. The fraction of sp³-hybridized carbons (Fsp3) is 0.278. The molecule has 1 aliphatic heterocycles. The van der Waals surface area contributed by atoms with Crippen molar-refractivity contribution in [2.24, 2.45) is 0 Å². The highest BCUT2D eigenvalue weighted by atomic mass is 32.2. The molecule has 0 atom stereocenters. The summed E-state index contributed by atoms with van der Waals surface area (Å²) in [6.45, 7) is 6.05. The van der Waals surface area contributed by atoms with Crippen LogP contribution in [0.2, 0.25) is 0 Å². The average molecular weight is 340 g/mol. The number of methoxy groups -OCH3 is 1.